The van der Waals surface area contributed by atoms with Crippen LogP contribution >= 0.6 is 11.6 Å². The molecule has 0 radical (unpaired) electrons. The van der Waals surface area contributed by atoms with Gasteiger partial charge in [-0.2, -0.15) is 4.99 Å². The molecule has 3 aliphatic rings. The van der Waals surface area contributed by atoms with Gasteiger partial charge in [0.2, 0.25) is 11.9 Å². The van der Waals surface area contributed by atoms with E-state index in [1.54, 1.807) is 0 Å². The normalized spacial score (nSPS) is 27.5. The van der Waals surface area contributed by atoms with Gasteiger partial charge in [0.15, 0.2) is 0 Å². The van der Waals surface area contributed by atoms with Crippen LogP contribution in [0.15, 0.2) is 28.2 Å². The van der Waals surface area contributed by atoms with E-state index in [1.807, 2.05) is 11.0 Å². The van der Waals surface area contributed by atoms with E-state index in [-0.39, 0.29) is 5.96 Å². The predicted molar refractivity (Wildman–Crippen MR) is 118 cm³/mol. The van der Waals surface area contributed by atoms with E-state index >= 15 is 0 Å². The molecule has 7 heteroatoms. The van der Waals surface area contributed by atoms with Crippen LogP contribution in [0.2, 0.25) is 5.02 Å². The number of guanidine groups is 2. The van der Waals surface area contributed by atoms with Crippen molar-refractivity contribution in [1.29, 1.82) is 0 Å². The third-order valence-electron chi connectivity index (χ3n) is 6.25. The highest BCUT2D eigenvalue weighted by molar-refractivity contribution is 6.33. The van der Waals surface area contributed by atoms with Gasteiger partial charge in [0.25, 0.3) is 0 Å². The molecule has 1 spiro atoms. The van der Waals surface area contributed by atoms with Gasteiger partial charge in [0, 0.05) is 18.8 Å². The van der Waals surface area contributed by atoms with Gasteiger partial charge in [-0.1, -0.05) is 31.9 Å². The number of piperidine rings is 1. The summed E-state index contributed by atoms with van der Waals surface area (Å²) in [6.45, 7) is 6.71. The van der Waals surface area contributed by atoms with Gasteiger partial charge in [-0.3, -0.25) is 4.90 Å². The molecule has 1 aromatic carbocycles. The van der Waals surface area contributed by atoms with Crippen molar-refractivity contribution in [3.8, 4) is 0 Å². The Morgan fingerprint density at radius 1 is 1.07 bits per heavy atom. The third kappa shape index (κ3) is 3.54. The highest BCUT2D eigenvalue weighted by Crippen LogP contribution is 2.41. The number of aliphatic imine (C=N–C) groups is 2. The summed E-state index contributed by atoms with van der Waals surface area (Å²) in [7, 11) is 0. The smallest absolute Gasteiger partial charge is 0.220 e. The van der Waals surface area contributed by atoms with Crippen molar-refractivity contribution in [3.05, 3.63) is 23.2 Å². The Kier molecular flexibility index (Phi) is 5.17. The van der Waals surface area contributed by atoms with Gasteiger partial charge in [0.1, 0.15) is 5.66 Å². The zero-order valence-corrected chi connectivity index (χ0v) is 17.6. The molecule has 6 nitrogen and oxygen atoms in total. The summed E-state index contributed by atoms with van der Waals surface area (Å²) in [5.74, 6) is 2.02. The van der Waals surface area contributed by atoms with E-state index in [1.165, 1.54) is 12.8 Å². The molecule has 0 bridgehead atoms. The van der Waals surface area contributed by atoms with E-state index in [0.717, 1.165) is 55.2 Å². The number of rotatable bonds is 2. The van der Waals surface area contributed by atoms with Crippen LogP contribution in [0.5, 0.6) is 0 Å². The van der Waals surface area contributed by atoms with E-state index in [0.29, 0.717) is 17.8 Å². The zero-order chi connectivity index (χ0) is 19.9. The highest BCUT2D eigenvalue weighted by Gasteiger charge is 2.42. The number of nitrogens with zero attached hydrogens (tertiary/aromatic N) is 4. The molecule has 1 aromatic rings. The molecular formula is C21H31ClN6. The van der Waals surface area contributed by atoms with Crippen molar-refractivity contribution in [1.82, 2.24) is 0 Å². The largest absolute Gasteiger partial charge is 0.370 e. The fraction of sp³-hybridized carbons (Fsp3) is 0.619. The predicted octanol–water partition coefficient (Wildman–Crippen LogP) is 3.93. The van der Waals surface area contributed by atoms with E-state index < -0.39 is 5.66 Å². The SMILES string of the molecule is CC1CC(C)CN(c2ccc(N3C(N)=NC(N)=NC34CCCCC4)cc2Cl)C1. The summed E-state index contributed by atoms with van der Waals surface area (Å²) in [5.41, 5.74) is 13.9. The van der Waals surface area contributed by atoms with Gasteiger partial charge in [-0.25, -0.2) is 4.99 Å². The van der Waals surface area contributed by atoms with Crippen LogP contribution in [0, 0.1) is 11.8 Å². The summed E-state index contributed by atoms with van der Waals surface area (Å²) in [6.07, 6.45) is 6.54. The van der Waals surface area contributed by atoms with Crippen molar-refractivity contribution >= 4 is 34.9 Å². The lowest BCUT2D eigenvalue weighted by Crippen LogP contribution is -2.58. The minimum atomic E-state index is -0.437. The maximum Gasteiger partial charge on any atom is 0.220 e. The average molecular weight is 403 g/mol. The third-order valence-corrected chi connectivity index (χ3v) is 6.55. The number of hydrogen-bond donors (Lipinski definition) is 2. The molecule has 1 aliphatic carbocycles. The summed E-state index contributed by atoms with van der Waals surface area (Å²) in [5, 5.41) is 0.750. The Labute approximate surface area is 172 Å². The molecule has 2 aliphatic heterocycles. The first-order chi connectivity index (χ1) is 13.4. The lowest BCUT2D eigenvalue weighted by molar-refractivity contribution is 0.305. The Hall–Kier alpha value is -1.95. The first-order valence-corrected chi connectivity index (χ1v) is 10.8. The molecule has 2 atom stereocenters. The van der Waals surface area contributed by atoms with Crippen LogP contribution < -0.4 is 21.3 Å². The second-order valence-electron chi connectivity index (χ2n) is 8.81. The summed E-state index contributed by atoms with van der Waals surface area (Å²) >= 11 is 6.77. The van der Waals surface area contributed by atoms with Gasteiger partial charge in [-0.05, 0) is 62.1 Å². The molecule has 1 saturated carbocycles. The lowest BCUT2D eigenvalue weighted by atomic mass is 9.87. The Bertz CT molecular complexity index is 788. The fourth-order valence-electron chi connectivity index (χ4n) is 5.25. The van der Waals surface area contributed by atoms with Crippen molar-refractivity contribution < 1.29 is 0 Å². The maximum atomic E-state index is 6.77. The molecule has 4 rings (SSSR count). The van der Waals surface area contributed by atoms with Crippen LogP contribution in [0.3, 0.4) is 0 Å². The molecule has 0 aromatic heterocycles. The average Bonchev–Trinajstić information content (AvgIpc) is 2.61. The quantitative estimate of drug-likeness (QED) is 0.784. The Morgan fingerprint density at radius 2 is 1.75 bits per heavy atom. The van der Waals surface area contributed by atoms with Crippen molar-refractivity contribution in [2.45, 2.75) is 58.0 Å². The number of nitrogens with two attached hydrogens (primary N) is 2. The number of hydrogen-bond acceptors (Lipinski definition) is 6. The minimum Gasteiger partial charge on any atom is -0.370 e. The zero-order valence-electron chi connectivity index (χ0n) is 16.9. The molecule has 2 fully saturated rings. The molecular weight excluding hydrogens is 372 g/mol. The standard InChI is InChI=1S/C21H31ClN6/c1-14-10-15(2)13-27(12-14)18-7-6-16(11-17(18)22)28-20(24)25-19(23)26-21(28)8-4-3-5-9-21/h6-7,11,14-15H,3-5,8-10,12-13H2,1-2H3,(H4,23,24,25,26). The summed E-state index contributed by atoms with van der Waals surface area (Å²) in [4.78, 5) is 13.4. The Balaban J connectivity index is 1.67. The van der Waals surface area contributed by atoms with Crippen LogP contribution in [0.25, 0.3) is 0 Å². The van der Waals surface area contributed by atoms with E-state index in [9.17, 15) is 0 Å². The van der Waals surface area contributed by atoms with Crippen molar-refractivity contribution in [2.75, 3.05) is 22.9 Å². The van der Waals surface area contributed by atoms with Crippen LogP contribution in [-0.2, 0) is 0 Å². The highest BCUT2D eigenvalue weighted by atomic mass is 35.5. The number of anilines is 2. The lowest BCUT2D eigenvalue weighted by Gasteiger charge is -2.45. The summed E-state index contributed by atoms with van der Waals surface area (Å²) in [6, 6.07) is 6.23. The van der Waals surface area contributed by atoms with Gasteiger partial charge < -0.3 is 16.4 Å². The monoisotopic (exact) mass is 402 g/mol. The second-order valence-corrected chi connectivity index (χ2v) is 9.21. The minimum absolute atomic E-state index is 0.273. The summed E-state index contributed by atoms with van der Waals surface area (Å²) < 4.78 is 0. The van der Waals surface area contributed by atoms with Gasteiger partial charge in [0.05, 0.1) is 10.7 Å². The fourth-order valence-corrected chi connectivity index (χ4v) is 5.54. The second kappa shape index (κ2) is 7.47. The maximum absolute atomic E-state index is 6.77. The molecule has 2 unspecified atom stereocenters. The molecule has 28 heavy (non-hydrogen) atoms. The van der Waals surface area contributed by atoms with E-state index in [4.69, 9.17) is 28.1 Å². The van der Waals surface area contributed by atoms with Gasteiger partial charge >= 0.3 is 0 Å². The van der Waals surface area contributed by atoms with Crippen LogP contribution in [0.4, 0.5) is 11.4 Å². The number of halogens is 1. The van der Waals surface area contributed by atoms with Crippen LogP contribution in [-0.4, -0.2) is 30.7 Å². The van der Waals surface area contributed by atoms with Crippen LogP contribution in [0.1, 0.15) is 52.4 Å². The van der Waals surface area contributed by atoms with Crippen molar-refractivity contribution in [2.24, 2.45) is 33.3 Å². The first-order valence-electron chi connectivity index (χ1n) is 10.4. The molecule has 4 N–H and O–H groups in total. The number of benzene rings is 1. The molecule has 152 valence electrons. The first kappa shape index (κ1) is 19.4. The Morgan fingerprint density at radius 3 is 2.39 bits per heavy atom. The van der Waals surface area contributed by atoms with Gasteiger partial charge in [-0.15, -0.1) is 0 Å². The topological polar surface area (TPSA) is 83.2 Å². The molecule has 1 saturated heterocycles. The molecule has 2 heterocycles. The van der Waals surface area contributed by atoms with Crippen molar-refractivity contribution in [3.63, 3.8) is 0 Å². The van der Waals surface area contributed by atoms with E-state index in [2.05, 4.69) is 35.9 Å². The molecule has 0 amide bonds.